The van der Waals surface area contributed by atoms with Gasteiger partial charge >= 0.3 is 0 Å². The van der Waals surface area contributed by atoms with Gasteiger partial charge in [-0.1, -0.05) is 6.92 Å². The van der Waals surface area contributed by atoms with Gasteiger partial charge in [0.1, 0.15) is 23.5 Å². The molecular weight excluding hydrogens is 212 g/mol. The third-order valence-electron chi connectivity index (χ3n) is 2.54. The van der Waals surface area contributed by atoms with E-state index in [9.17, 15) is 8.78 Å². The molecule has 2 atom stereocenters. The highest BCUT2D eigenvalue weighted by Crippen LogP contribution is 2.18. The maximum atomic E-state index is 12.9. The second kappa shape index (κ2) is 5.80. The third kappa shape index (κ3) is 3.45. The van der Waals surface area contributed by atoms with Crippen molar-refractivity contribution in [3.63, 3.8) is 0 Å². The molecule has 0 radical (unpaired) electrons. The summed E-state index contributed by atoms with van der Waals surface area (Å²) in [5.41, 5.74) is 0. The van der Waals surface area contributed by atoms with E-state index in [-0.39, 0.29) is 17.9 Å². The SMILES string of the molecule is CCC(NC)C(C)Oc1cc(F)cc(F)c1. The quantitative estimate of drug-likeness (QED) is 0.838. The van der Waals surface area contributed by atoms with Crippen LogP contribution in [0.5, 0.6) is 5.75 Å². The smallest absolute Gasteiger partial charge is 0.129 e. The predicted octanol–water partition coefficient (Wildman–Crippen LogP) is 2.73. The second-order valence-corrected chi connectivity index (χ2v) is 3.73. The summed E-state index contributed by atoms with van der Waals surface area (Å²) >= 11 is 0. The average molecular weight is 229 g/mol. The Labute approximate surface area is 94.6 Å². The van der Waals surface area contributed by atoms with Crippen LogP contribution < -0.4 is 10.1 Å². The van der Waals surface area contributed by atoms with E-state index in [1.807, 2.05) is 20.9 Å². The van der Waals surface area contributed by atoms with Crippen molar-refractivity contribution in [2.24, 2.45) is 0 Å². The minimum Gasteiger partial charge on any atom is -0.489 e. The molecule has 0 amide bonds. The molecule has 0 spiro atoms. The molecule has 0 aliphatic heterocycles. The molecule has 0 heterocycles. The lowest BCUT2D eigenvalue weighted by Gasteiger charge is -2.23. The molecule has 1 aromatic rings. The van der Waals surface area contributed by atoms with Gasteiger partial charge in [-0.3, -0.25) is 0 Å². The van der Waals surface area contributed by atoms with Gasteiger partial charge in [-0.2, -0.15) is 0 Å². The van der Waals surface area contributed by atoms with E-state index in [1.54, 1.807) is 0 Å². The Hall–Kier alpha value is -1.16. The topological polar surface area (TPSA) is 21.3 Å². The van der Waals surface area contributed by atoms with E-state index in [0.717, 1.165) is 12.5 Å². The third-order valence-corrected chi connectivity index (χ3v) is 2.54. The maximum Gasteiger partial charge on any atom is 0.129 e. The molecule has 0 saturated carbocycles. The fraction of sp³-hybridized carbons (Fsp3) is 0.500. The minimum atomic E-state index is -0.625. The van der Waals surface area contributed by atoms with Crippen molar-refractivity contribution in [2.75, 3.05) is 7.05 Å². The Balaban J connectivity index is 2.72. The van der Waals surface area contributed by atoms with Crippen LogP contribution in [0.3, 0.4) is 0 Å². The monoisotopic (exact) mass is 229 g/mol. The van der Waals surface area contributed by atoms with Crippen molar-refractivity contribution in [3.8, 4) is 5.75 Å². The molecule has 0 fully saturated rings. The van der Waals surface area contributed by atoms with Gasteiger partial charge in [0.25, 0.3) is 0 Å². The predicted molar refractivity (Wildman–Crippen MR) is 59.6 cm³/mol. The lowest BCUT2D eigenvalue weighted by molar-refractivity contribution is 0.170. The molecule has 0 aliphatic rings. The van der Waals surface area contributed by atoms with Gasteiger partial charge in [0.15, 0.2) is 0 Å². The molecule has 0 bridgehead atoms. The Morgan fingerprint density at radius 1 is 1.25 bits per heavy atom. The highest BCUT2D eigenvalue weighted by atomic mass is 19.1. The van der Waals surface area contributed by atoms with Crippen LogP contribution in [0, 0.1) is 11.6 Å². The van der Waals surface area contributed by atoms with Gasteiger partial charge in [0.2, 0.25) is 0 Å². The van der Waals surface area contributed by atoms with Gasteiger partial charge in [0.05, 0.1) is 0 Å². The van der Waals surface area contributed by atoms with Crippen molar-refractivity contribution >= 4 is 0 Å². The van der Waals surface area contributed by atoms with Gasteiger partial charge in [-0.15, -0.1) is 0 Å². The van der Waals surface area contributed by atoms with Crippen LogP contribution >= 0.6 is 0 Å². The summed E-state index contributed by atoms with van der Waals surface area (Å²) in [6.07, 6.45) is 0.742. The van der Waals surface area contributed by atoms with E-state index in [2.05, 4.69) is 5.32 Å². The number of nitrogens with one attached hydrogen (secondary N) is 1. The molecule has 90 valence electrons. The first-order valence-electron chi connectivity index (χ1n) is 5.36. The van der Waals surface area contributed by atoms with Crippen LogP contribution in [0.1, 0.15) is 20.3 Å². The summed E-state index contributed by atoms with van der Waals surface area (Å²) in [5.74, 6) is -1.03. The molecule has 1 N–H and O–H groups in total. The highest BCUT2D eigenvalue weighted by Gasteiger charge is 2.15. The van der Waals surface area contributed by atoms with Gasteiger partial charge < -0.3 is 10.1 Å². The minimum absolute atomic E-state index is 0.142. The van der Waals surface area contributed by atoms with E-state index in [0.29, 0.717) is 0 Å². The van der Waals surface area contributed by atoms with Crippen molar-refractivity contribution in [3.05, 3.63) is 29.8 Å². The molecule has 0 aliphatic carbocycles. The molecule has 2 unspecified atom stereocenters. The van der Waals surface area contributed by atoms with Crippen LogP contribution in [0.4, 0.5) is 8.78 Å². The highest BCUT2D eigenvalue weighted by molar-refractivity contribution is 5.24. The summed E-state index contributed by atoms with van der Waals surface area (Å²) in [5, 5.41) is 3.09. The number of hydrogen-bond acceptors (Lipinski definition) is 2. The van der Waals surface area contributed by atoms with Gasteiger partial charge in [0, 0.05) is 24.2 Å². The van der Waals surface area contributed by atoms with Crippen molar-refractivity contribution in [1.82, 2.24) is 5.32 Å². The van der Waals surface area contributed by atoms with Gasteiger partial charge in [-0.05, 0) is 20.4 Å². The first kappa shape index (κ1) is 12.9. The molecule has 4 heteroatoms. The van der Waals surface area contributed by atoms with Gasteiger partial charge in [-0.25, -0.2) is 8.78 Å². The van der Waals surface area contributed by atoms with Crippen molar-refractivity contribution in [1.29, 1.82) is 0 Å². The summed E-state index contributed by atoms with van der Waals surface area (Å²) in [7, 11) is 1.83. The standard InChI is InChI=1S/C12H17F2NO/c1-4-12(15-3)8(2)16-11-6-9(13)5-10(14)7-11/h5-8,12,15H,4H2,1-3H3. The van der Waals surface area contributed by atoms with Crippen LogP contribution in [-0.4, -0.2) is 19.2 Å². The fourth-order valence-electron chi connectivity index (χ4n) is 1.66. The normalized spacial score (nSPS) is 14.6. The number of hydrogen-bond donors (Lipinski definition) is 1. The van der Waals surface area contributed by atoms with E-state index in [1.165, 1.54) is 12.1 Å². The van der Waals surface area contributed by atoms with Crippen LogP contribution in [0.2, 0.25) is 0 Å². The zero-order chi connectivity index (χ0) is 12.1. The number of rotatable bonds is 5. The largest absolute Gasteiger partial charge is 0.489 e. The van der Waals surface area contributed by atoms with Crippen LogP contribution in [0.25, 0.3) is 0 Å². The lowest BCUT2D eigenvalue weighted by atomic mass is 10.1. The number of ether oxygens (including phenoxy) is 1. The Morgan fingerprint density at radius 3 is 2.25 bits per heavy atom. The number of likely N-dealkylation sites (N-methyl/N-ethyl adjacent to an activating group) is 1. The van der Waals surface area contributed by atoms with Crippen LogP contribution in [0.15, 0.2) is 18.2 Å². The Bertz CT molecular complexity index is 320. The molecule has 1 aromatic carbocycles. The molecule has 2 nitrogen and oxygen atoms in total. The maximum absolute atomic E-state index is 12.9. The second-order valence-electron chi connectivity index (χ2n) is 3.73. The first-order chi connectivity index (χ1) is 7.56. The summed E-state index contributed by atoms with van der Waals surface area (Å²) < 4.78 is 31.3. The number of halogens is 2. The molecular formula is C12H17F2NO. The van der Waals surface area contributed by atoms with E-state index >= 15 is 0 Å². The summed E-state index contributed by atoms with van der Waals surface area (Å²) in [4.78, 5) is 0. The first-order valence-corrected chi connectivity index (χ1v) is 5.36. The summed E-state index contributed by atoms with van der Waals surface area (Å²) in [6, 6.07) is 3.35. The molecule has 0 aromatic heterocycles. The number of benzene rings is 1. The fourth-order valence-corrected chi connectivity index (χ4v) is 1.66. The molecule has 1 rings (SSSR count). The van der Waals surface area contributed by atoms with Crippen molar-refractivity contribution < 1.29 is 13.5 Å². The van der Waals surface area contributed by atoms with E-state index in [4.69, 9.17) is 4.74 Å². The lowest BCUT2D eigenvalue weighted by Crippen LogP contribution is -2.38. The molecule has 16 heavy (non-hydrogen) atoms. The Morgan fingerprint density at radius 2 is 1.81 bits per heavy atom. The zero-order valence-corrected chi connectivity index (χ0v) is 9.76. The van der Waals surface area contributed by atoms with E-state index < -0.39 is 11.6 Å². The van der Waals surface area contributed by atoms with Crippen LogP contribution in [-0.2, 0) is 0 Å². The zero-order valence-electron chi connectivity index (χ0n) is 9.76. The van der Waals surface area contributed by atoms with Crippen molar-refractivity contribution in [2.45, 2.75) is 32.4 Å². The summed E-state index contributed by atoms with van der Waals surface area (Å²) in [6.45, 7) is 3.89. The molecule has 0 saturated heterocycles. The average Bonchev–Trinajstić information content (AvgIpc) is 2.17. The Kier molecular flexibility index (Phi) is 4.68.